The van der Waals surface area contributed by atoms with Gasteiger partial charge in [0.2, 0.25) is 0 Å². The zero-order valence-corrected chi connectivity index (χ0v) is 15.8. The Morgan fingerprint density at radius 3 is 2.24 bits per heavy atom. The number of nitrogens with one attached hydrogen (secondary N) is 2. The van der Waals surface area contributed by atoms with Gasteiger partial charge in [0.1, 0.15) is 17.5 Å². The van der Waals surface area contributed by atoms with Gasteiger partial charge < -0.3 is 10.6 Å². The summed E-state index contributed by atoms with van der Waals surface area (Å²) in [6.07, 6.45) is 0. The van der Waals surface area contributed by atoms with Crippen LogP contribution in [-0.4, -0.2) is 5.96 Å². The molecule has 6 heteroatoms. The van der Waals surface area contributed by atoms with E-state index in [0.717, 1.165) is 11.1 Å². The highest BCUT2D eigenvalue weighted by molar-refractivity contribution is 5.84. The van der Waals surface area contributed by atoms with Crippen LogP contribution in [0.1, 0.15) is 29.7 Å². The minimum absolute atomic E-state index is 0.302. The van der Waals surface area contributed by atoms with Gasteiger partial charge in [-0.05, 0) is 60.0 Å². The third-order valence-corrected chi connectivity index (χ3v) is 5.18. The van der Waals surface area contributed by atoms with E-state index in [9.17, 15) is 13.2 Å². The highest BCUT2D eigenvalue weighted by Gasteiger charge is 2.44. The van der Waals surface area contributed by atoms with Crippen LogP contribution < -0.4 is 10.6 Å². The smallest absolute Gasteiger partial charge is 0.192 e. The lowest BCUT2D eigenvalue weighted by Crippen LogP contribution is -2.39. The average Bonchev–Trinajstić information content (AvgIpc) is 3.05. The molecule has 0 aliphatic carbocycles. The van der Waals surface area contributed by atoms with E-state index in [2.05, 4.69) is 15.6 Å². The summed E-state index contributed by atoms with van der Waals surface area (Å²) in [5, 5.41) is 6.64. The normalized spacial score (nSPS) is 22.3. The van der Waals surface area contributed by atoms with Crippen molar-refractivity contribution in [1.82, 2.24) is 10.6 Å². The molecule has 1 heterocycles. The van der Waals surface area contributed by atoms with Crippen molar-refractivity contribution in [1.29, 1.82) is 0 Å². The monoisotopic (exact) mass is 395 g/mol. The van der Waals surface area contributed by atoms with Crippen LogP contribution in [0.15, 0.2) is 77.8 Å². The first-order chi connectivity index (χ1) is 13.9. The van der Waals surface area contributed by atoms with Gasteiger partial charge in [-0.2, -0.15) is 0 Å². The van der Waals surface area contributed by atoms with Gasteiger partial charge in [0.05, 0.1) is 18.1 Å². The predicted molar refractivity (Wildman–Crippen MR) is 107 cm³/mol. The van der Waals surface area contributed by atoms with Crippen molar-refractivity contribution < 1.29 is 13.2 Å². The summed E-state index contributed by atoms with van der Waals surface area (Å²) >= 11 is 0. The molecule has 148 valence electrons. The second kappa shape index (κ2) is 7.62. The molecule has 0 saturated carbocycles. The third kappa shape index (κ3) is 3.97. The van der Waals surface area contributed by atoms with Crippen LogP contribution in [0.2, 0.25) is 0 Å². The SMILES string of the molecule is CC1(c2cccc(F)c2)NC(=NCc2ccc(F)cc2)NC1c1cccc(F)c1. The number of hydrogen-bond acceptors (Lipinski definition) is 1. The molecule has 1 aliphatic rings. The van der Waals surface area contributed by atoms with Crippen LogP contribution in [0.3, 0.4) is 0 Å². The topological polar surface area (TPSA) is 36.4 Å². The quantitative estimate of drug-likeness (QED) is 0.665. The lowest BCUT2D eigenvalue weighted by Gasteiger charge is -2.31. The Hall–Kier alpha value is -3.28. The number of benzene rings is 3. The maximum Gasteiger partial charge on any atom is 0.192 e. The zero-order chi connectivity index (χ0) is 20.4. The van der Waals surface area contributed by atoms with Crippen LogP contribution >= 0.6 is 0 Å². The van der Waals surface area contributed by atoms with E-state index in [1.165, 1.54) is 36.4 Å². The number of nitrogens with zero attached hydrogens (tertiary/aromatic N) is 1. The Kier molecular flexibility index (Phi) is 5.01. The maximum atomic E-state index is 13.9. The molecule has 0 bridgehead atoms. The summed E-state index contributed by atoms with van der Waals surface area (Å²) in [5.74, 6) is -0.485. The molecule has 1 aliphatic heterocycles. The molecule has 1 saturated heterocycles. The molecule has 4 rings (SSSR count). The summed E-state index contributed by atoms with van der Waals surface area (Å²) < 4.78 is 40.9. The van der Waals surface area contributed by atoms with E-state index < -0.39 is 5.54 Å². The van der Waals surface area contributed by atoms with Gasteiger partial charge in [-0.3, -0.25) is 0 Å². The Morgan fingerprint density at radius 1 is 0.862 bits per heavy atom. The van der Waals surface area contributed by atoms with Gasteiger partial charge in [0.25, 0.3) is 0 Å². The minimum atomic E-state index is -0.752. The van der Waals surface area contributed by atoms with E-state index >= 15 is 0 Å². The van der Waals surface area contributed by atoms with E-state index in [1.54, 1.807) is 24.3 Å². The van der Waals surface area contributed by atoms with Gasteiger partial charge in [-0.15, -0.1) is 0 Å². The lowest BCUT2D eigenvalue weighted by atomic mass is 9.82. The second-order valence-electron chi connectivity index (χ2n) is 7.26. The predicted octanol–water partition coefficient (Wildman–Crippen LogP) is 4.81. The van der Waals surface area contributed by atoms with Gasteiger partial charge in [0.15, 0.2) is 5.96 Å². The van der Waals surface area contributed by atoms with Gasteiger partial charge in [-0.1, -0.05) is 36.4 Å². The number of guanidine groups is 1. The van der Waals surface area contributed by atoms with Crippen LogP contribution in [0.5, 0.6) is 0 Å². The standard InChI is InChI=1S/C23H20F3N3/c1-23(17-5-3-7-20(26)13-17)21(16-4-2-6-19(25)12-16)28-22(29-23)27-14-15-8-10-18(24)11-9-15/h2-13,21H,14H2,1H3,(H2,27,28,29). The fraction of sp³-hybridized carbons (Fsp3) is 0.174. The summed E-state index contributed by atoms with van der Waals surface area (Å²) in [6, 6.07) is 18.4. The molecule has 1 fully saturated rings. The summed E-state index contributed by atoms with van der Waals surface area (Å²) in [5.41, 5.74) is 1.53. The molecule has 2 N–H and O–H groups in total. The Balaban J connectivity index is 1.69. The molecule has 3 aromatic carbocycles. The second-order valence-corrected chi connectivity index (χ2v) is 7.26. The molecule has 0 amide bonds. The molecule has 0 spiro atoms. The first kappa shape index (κ1) is 19.1. The average molecular weight is 395 g/mol. The zero-order valence-electron chi connectivity index (χ0n) is 15.8. The van der Waals surface area contributed by atoms with Crippen LogP contribution in [0.25, 0.3) is 0 Å². The summed E-state index contributed by atoms with van der Waals surface area (Å²) in [6.45, 7) is 2.26. The molecule has 2 atom stereocenters. The van der Waals surface area contributed by atoms with Gasteiger partial charge in [-0.25, -0.2) is 18.2 Å². The van der Waals surface area contributed by atoms with E-state index in [4.69, 9.17) is 0 Å². The third-order valence-electron chi connectivity index (χ3n) is 5.18. The van der Waals surface area contributed by atoms with Crippen molar-refractivity contribution in [2.24, 2.45) is 4.99 Å². The summed E-state index contributed by atoms with van der Waals surface area (Å²) in [7, 11) is 0. The first-order valence-corrected chi connectivity index (χ1v) is 9.29. The molecular formula is C23H20F3N3. The summed E-state index contributed by atoms with van der Waals surface area (Å²) in [4.78, 5) is 4.55. The molecular weight excluding hydrogens is 375 g/mol. The highest BCUT2D eigenvalue weighted by Crippen LogP contribution is 2.38. The van der Waals surface area contributed by atoms with Crippen molar-refractivity contribution in [3.8, 4) is 0 Å². The van der Waals surface area contributed by atoms with Gasteiger partial charge in [0, 0.05) is 0 Å². The van der Waals surface area contributed by atoms with Gasteiger partial charge >= 0.3 is 0 Å². The molecule has 29 heavy (non-hydrogen) atoms. The number of aliphatic imine (C=N–C) groups is 1. The van der Waals surface area contributed by atoms with Crippen LogP contribution in [-0.2, 0) is 12.1 Å². The van der Waals surface area contributed by atoms with Crippen molar-refractivity contribution >= 4 is 5.96 Å². The number of rotatable bonds is 4. The van der Waals surface area contributed by atoms with Crippen LogP contribution in [0, 0.1) is 17.5 Å². The fourth-order valence-electron chi connectivity index (χ4n) is 3.63. The molecule has 3 nitrogen and oxygen atoms in total. The Morgan fingerprint density at radius 2 is 1.55 bits per heavy atom. The first-order valence-electron chi connectivity index (χ1n) is 9.29. The van der Waals surface area contributed by atoms with E-state index in [-0.39, 0.29) is 23.5 Å². The van der Waals surface area contributed by atoms with E-state index in [0.29, 0.717) is 18.1 Å². The van der Waals surface area contributed by atoms with Crippen molar-refractivity contribution in [2.45, 2.75) is 25.0 Å². The minimum Gasteiger partial charge on any atom is -0.347 e. The number of halogens is 3. The molecule has 2 unspecified atom stereocenters. The molecule has 3 aromatic rings. The Labute approximate surface area is 167 Å². The molecule has 0 radical (unpaired) electrons. The van der Waals surface area contributed by atoms with Crippen molar-refractivity contribution in [3.63, 3.8) is 0 Å². The maximum absolute atomic E-state index is 13.9. The van der Waals surface area contributed by atoms with Crippen molar-refractivity contribution in [3.05, 3.63) is 107 Å². The Bertz CT molecular complexity index is 1050. The number of hydrogen-bond donors (Lipinski definition) is 2. The molecule has 0 aromatic heterocycles. The largest absolute Gasteiger partial charge is 0.347 e. The van der Waals surface area contributed by atoms with Crippen LogP contribution in [0.4, 0.5) is 13.2 Å². The van der Waals surface area contributed by atoms with E-state index in [1.807, 2.05) is 19.1 Å². The highest BCUT2D eigenvalue weighted by atomic mass is 19.1. The fourth-order valence-corrected chi connectivity index (χ4v) is 3.63. The lowest BCUT2D eigenvalue weighted by molar-refractivity contribution is 0.376. The van der Waals surface area contributed by atoms with Crippen molar-refractivity contribution in [2.75, 3.05) is 0 Å².